The number of amides is 3. The van der Waals surface area contributed by atoms with Crippen molar-refractivity contribution < 1.29 is 26.8 Å². The van der Waals surface area contributed by atoms with Gasteiger partial charge in [-0.1, -0.05) is 30.3 Å². The van der Waals surface area contributed by atoms with Gasteiger partial charge in [0.25, 0.3) is 10.0 Å². The number of urea groups is 1. The monoisotopic (exact) mass is 445 g/mol. The highest BCUT2D eigenvalue weighted by Crippen LogP contribution is 2.23. The van der Waals surface area contributed by atoms with Gasteiger partial charge in [0.15, 0.2) is 0 Å². The molecule has 0 atom stereocenters. The fourth-order valence-electron chi connectivity index (χ4n) is 2.66. The van der Waals surface area contributed by atoms with Gasteiger partial charge in [0.1, 0.15) is 18.2 Å². The van der Waals surface area contributed by atoms with E-state index < -0.39 is 40.1 Å². The topological polar surface area (TPSA) is 95.6 Å². The van der Waals surface area contributed by atoms with Crippen molar-refractivity contribution in [3.8, 4) is 0 Å². The van der Waals surface area contributed by atoms with Crippen molar-refractivity contribution in [3.63, 3.8) is 0 Å². The van der Waals surface area contributed by atoms with Gasteiger partial charge in [-0.3, -0.25) is 14.4 Å². The summed E-state index contributed by atoms with van der Waals surface area (Å²) >= 11 is 0. The standard InChI is InChI=1S/C21H17F2N3O4S/c22-15-10-12-17(13-11-15)31(29,30)26(16-6-2-1-3-7-16)14-20(27)25-21(28)24-19-9-5-4-8-18(19)23/h1-13H,14H2,(H2,24,25,27,28). The molecule has 0 saturated carbocycles. The van der Waals surface area contributed by atoms with Crippen LogP contribution in [0.2, 0.25) is 0 Å². The maximum Gasteiger partial charge on any atom is 0.326 e. The van der Waals surface area contributed by atoms with Crippen molar-refractivity contribution in [2.45, 2.75) is 4.90 Å². The third kappa shape index (κ3) is 5.43. The van der Waals surface area contributed by atoms with Crippen LogP contribution in [0.15, 0.2) is 83.8 Å². The summed E-state index contributed by atoms with van der Waals surface area (Å²) in [6, 6.07) is 16.2. The second kappa shape index (κ2) is 9.35. The van der Waals surface area contributed by atoms with Gasteiger partial charge in [-0.2, -0.15) is 0 Å². The predicted octanol–water partition coefficient (Wildman–Crippen LogP) is 3.51. The largest absolute Gasteiger partial charge is 0.326 e. The van der Waals surface area contributed by atoms with E-state index in [9.17, 15) is 26.8 Å². The van der Waals surface area contributed by atoms with Crippen LogP contribution in [0.1, 0.15) is 0 Å². The first-order valence-electron chi connectivity index (χ1n) is 8.96. The van der Waals surface area contributed by atoms with Gasteiger partial charge in [-0.15, -0.1) is 0 Å². The summed E-state index contributed by atoms with van der Waals surface area (Å²) in [5.41, 5.74) is 0.0168. The highest BCUT2D eigenvalue weighted by molar-refractivity contribution is 7.92. The summed E-state index contributed by atoms with van der Waals surface area (Å²) in [6.07, 6.45) is 0. The van der Waals surface area contributed by atoms with E-state index in [4.69, 9.17) is 0 Å². The minimum absolute atomic E-state index is 0.147. The Morgan fingerprint density at radius 2 is 1.45 bits per heavy atom. The van der Waals surface area contributed by atoms with Crippen molar-refractivity contribution >= 4 is 33.3 Å². The molecule has 3 amide bonds. The van der Waals surface area contributed by atoms with Gasteiger partial charge in [0.2, 0.25) is 5.91 Å². The second-order valence-electron chi connectivity index (χ2n) is 6.28. The minimum atomic E-state index is -4.25. The van der Waals surface area contributed by atoms with Crippen molar-refractivity contribution in [2.75, 3.05) is 16.2 Å². The van der Waals surface area contributed by atoms with E-state index in [1.54, 1.807) is 18.2 Å². The van der Waals surface area contributed by atoms with Gasteiger partial charge in [0.05, 0.1) is 16.3 Å². The van der Waals surface area contributed by atoms with E-state index in [0.717, 1.165) is 34.6 Å². The van der Waals surface area contributed by atoms with Crippen LogP contribution >= 0.6 is 0 Å². The number of para-hydroxylation sites is 2. The number of benzene rings is 3. The lowest BCUT2D eigenvalue weighted by Crippen LogP contribution is -2.44. The fraction of sp³-hybridized carbons (Fsp3) is 0.0476. The zero-order valence-electron chi connectivity index (χ0n) is 16.0. The molecule has 3 rings (SSSR count). The lowest BCUT2D eigenvalue weighted by Gasteiger charge is -2.24. The number of carbonyl (C=O) groups is 2. The van der Waals surface area contributed by atoms with E-state index in [1.165, 1.54) is 30.3 Å². The Bertz CT molecular complexity index is 1190. The molecule has 0 aliphatic carbocycles. The molecule has 0 saturated heterocycles. The van der Waals surface area contributed by atoms with Gasteiger partial charge in [0, 0.05) is 0 Å². The average Bonchev–Trinajstić information content (AvgIpc) is 2.74. The van der Waals surface area contributed by atoms with Crippen molar-refractivity contribution in [1.82, 2.24) is 5.32 Å². The maximum absolute atomic E-state index is 13.6. The first-order valence-corrected chi connectivity index (χ1v) is 10.4. The Morgan fingerprint density at radius 1 is 0.839 bits per heavy atom. The number of halogens is 2. The van der Waals surface area contributed by atoms with Crippen molar-refractivity contribution in [1.29, 1.82) is 0 Å². The SMILES string of the molecule is O=C(CN(c1ccccc1)S(=O)(=O)c1ccc(F)cc1)NC(=O)Nc1ccccc1F. The first kappa shape index (κ1) is 21.9. The number of sulfonamides is 1. The van der Waals surface area contributed by atoms with Gasteiger partial charge < -0.3 is 5.32 Å². The number of rotatable bonds is 6. The second-order valence-corrected chi connectivity index (χ2v) is 8.15. The van der Waals surface area contributed by atoms with Gasteiger partial charge in [-0.05, 0) is 48.5 Å². The van der Waals surface area contributed by atoms with E-state index in [2.05, 4.69) is 5.32 Å². The molecule has 0 aromatic heterocycles. The third-order valence-corrected chi connectivity index (χ3v) is 5.90. The van der Waals surface area contributed by atoms with Crippen LogP contribution in [0.5, 0.6) is 0 Å². The average molecular weight is 445 g/mol. The Kier molecular flexibility index (Phi) is 6.61. The van der Waals surface area contributed by atoms with Gasteiger partial charge in [-0.25, -0.2) is 22.0 Å². The van der Waals surface area contributed by atoms with Crippen LogP contribution in [-0.4, -0.2) is 26.9 Å². The van der Waals surface area contributed by atoms with E-state index in [1.807, 2.05) is 5.32 Å². The van der Waals surface area contributed by atoms with E-state index >= 15 is 0 Å². The quantitative estimate of drug-likeness (QED) is 0.607. The molecule has 10 heteroatoms. The van der Waals surface area contributed by atoms with Crippen LogP contribution in [0.3, 0.4) is 0 Å². The van der Waals surface area contributed by atoms with Crippen molar-refractivity contribution in [2.24, 2.45) is 0 Å². The Hall–Kier alpha value is -3.79. The number of carbonyl (C=O) groups excluding carboxylic acids is 2. The zero-order chi connectivity index (χ0) is 22.4. The Balaban J connectivity index is 1.80. The van der Waals surface area contributed by atoms with Crippen LogP contribution in [0.4, 0.5) is 25.0 Å². The molecule has 0 bridgehead atoms. The summed E-state index contributed by atoms with van der Waals surface area (Å²) in [7, 11) is -4.25. The number of hydrogen-bond acceptors (Lipinski definition) is 4. The van der Waals surface area contributed by atoms with Crippen molar-refractivity contribution in [3.05, 3.63) is 90.5 Å². The molecule has 7 nitrogen and oxygen atoms in total. The summed E-state index contributed by atoms with van der Waals surface area (Å²) in [5.74, 6) is -2.27. The highest BCUT2D eigenvalue weighted by atomic mass is 32.2. The zero-order valence-corrected chi connectivity index (χ0v) is 16.8. The molecule has 0 aliphatic heterocycles. The molecule has 0 aliphatic rings. The lowest BCUT2D eigenvalue weighted by molar-refractivity contribution is -0.118. The molecule has 0 unspecified atom stereocenters. The molecule has 0 fully saturated rings. The summed E-state index contributed by atoms with van der Waals surface area (Å²) < 4.78 is 53.8. The number of anilines is 2. The van der Waals surface area contributed by atoms with Crippen LogP contribution < -0.4 is 14.9 Å². The van der Waals surface area contributed by atoms with Crippen LogP contribution in [0, 0.1) is 11.6 Å². The molecule has 0 radical (unpaired) electrons. The smallest absolute Gasteiger partial charge is 0.305 e. The molecule has 2 N–H and O–H groups in total. The molecule has 3 aromatic carbocycles. The number of hydrogen-bond donors (Lipinski definition) is 2. The molecular weight excluding hydrogens is 428 g/mol. The van der Waals surface area contributed by atoms with E-state index in [0.29, 0.717) is 0 Å². The number of imide groups is 1. The molecule has 0 spiro atoms. The molecule has 0 heterocycles. The fourth-order valence-corrected chi connectivity index (χ4v) is 4.08. The molecular formula is C21H17F2N3O4S. The highest BCUT2D eigenvalue weighted by Gasteiger charge is 2.27. The lowest BCUT2D eigenvalue weighted by atomic mass is 10.3. The summed E-state index contributed by atoms with van der Waals surface area (Å²) in [4.78, 5) is 24.2. The summed E-state index contributed by atoms with van der Waals surface area (Å²) in [5, 5.41) is 4.14. The normalized spacial score (nSPS) is 10.9. The Morgan fingerprint density at radius 3 is 2.10 bits per heavy atom. The number of nitrogens with one attached hydrogen (secondary N) is 2. The Labute approximate surface area is 177 Å². The van der Waals surface area contributed by atoms with Crippen LogP contribution in [-0.2, 0) is 14.8 Å². The third-order valence-electron chi connectivity index (χ3n) is 4.11. The van der Waals surface area contributed by atoms with E-state index in [-0.39, 0.29) is 16.3 Å². The minimum Gasteiger partial charge on any atom is -0.305 e. The van der Waals surface area contributed by atoms with Crippen LogP contribution in [0.25, 0.3) is 0 Å². The molecule has 160 valence electrons. The maximum atomic E-state index is 13.6. The molecule has 31 heavy (non-hydrogen) atoms. The summed E-state index contributed by atoms with van der Waals surface area (Å²) in [6.45, 7) is -0.742. The number of nitrogens with zero attached hydrogens (tertiary/aromatic N) is 1. The predicted molar refractivity (Wildman–Crippen MR) is 111 cm³/mol. The molecule has 3 aromatic rings. The first-order chi connectivity index (χ1) is 14.8. The van der Waals surface area contributed by atoms with Gasteiger partial charge >= 0.3 is 6.03 Å².